The Labute approximate surface area is 137 Å². The summed E-state index contributed by atoms with van der Waals surface area (Å²) in [5.41, 5.74) is 3.78. The van der Waals surface area contributed by atoms with Crippen molar-refractivity contribution >= 4 is 11.8 Å². The summed E-state index contributed by atoms with van der Waals surface area (Å²) in [7, 11) is 0. The van der Waals surface area contributed by atoms with Crippen LogP contribution in [0.15, 0.2) is 18.2 Å². The van der Waals surface area contributed by atoms with Gasteiger partial charge < -0.3 is 15.3 Å². The summed E-state index contributed by atoms with van der Waals surface area (Å²) in [5.74, 6) is -1.21. The zero-order valence-electron chi connectivity index (χ0n) is 14.0. The summed E-state index contributed by atoms with van der Waals surface area (Å²) in [4.78, 5) is 25.5. The first-order valence-electron chi connectivity index (χ1n) is 8.39. The maximum Gasteiger partial charge on any atom is 0.311 e. The number of carbonyl (C=O) groups is 2. The maximum absolute atomic E-state index is 12.1. The van der Waals surface area contributed by atoms with Crippen LogP contribution in [0.2, 0.25) is 0 Å². The highest BCUT2D eigenvalue weighted by molar-refractivity contribution is 6.35. The number of fused-ring (bicyclic) bond motifs is 1. The number of nitrogens with one attached hydrogen (secondary N) is 1. The topological polar surface area (TPSA) is 69.6 Å². The predicted molar refractivity (Wildman–Crippen MR) is 89.0 cm³/mol. The fourth-order valence-electron chi connectivity index (χ4n) is 3.03. The first kappa shape index (κ1) is 17.5. The normalized spacial score (nSPS) is 14.7. The van der Waals surface area contributed by atoms with E-state index in [1.54, 1.807) is 6.92 Å². The van der Waals surface area contributed by atoms with Crippen LogP contribution < -0.4 is 5.32 Å². The minimum Gasteiger partial charge on any atom is -0.395 e. The number of amides is 2. The Morgan fingerprint density at radius 1 is 1.26 bits per heavy atom. The monoisotopic (exact) mass is 318 g/mol. The highest BCUT2D eigenvalue weighted by Crippen LogP contribution is 2.24. The SMILES string of the molecule is CCN(CCO)C(=O)C(=O)NC(C)c1ccc2c(c1)CCCC2. The van der Waals surface area contributed by atoms with Gasteiger partial charge in [0.15, 0.2) is 0 Å². The second-order valence-electron chi connectivity index (χ2n) is 6.04. The molecule has 0 radical (unpaired) electrons. The van der Waals surface area contributed by atoms with Crippen molar-refractivity contribution in [3.8, 4) is 0 Å². The number of benzene rings is 1. The van der Waals surface area contributed by atoms with Crippen molar-refractivity contribution < 1.29 is 14.7 Å². The van der Waals surface area contributed by atoms with Gasteiger partial charge in [-0.25, -0.2) is 0 Å². The van der Waals surface area contributed by atoms with Crippen LogP contribution in [-0.2, 0) is 22.4 Å². The Hall–Kier alpha value is -1.88. The van der Waals surface area contributed by atoms with Crippen molar-refractivity contribution in [2.24, 2.45) is 0 Å². The van der Waals surface area contributed by atoms with Crippen molar-refractivity contribution in [2.45, 2.75) is 45.6 Å². The van der Waals surface area contributed by atoms with Crippen LogP contribution in [0, 0.1) is 0 Å². The average Bonchev–Trinajstić information content (AvgIpc) is 2.58. The van der Waals surface area contributed by atoms with Crippen molar-refractivity contribution in [1.29, 1.82) is 0 Å². The van der Waals surface area contributed by atoms with Gasteiger partial charge in [0.1, 0.15) is 0 Å². The van der Waals surface area contributed by atoms with Crippen molar-refractivity contribution in [3.05, 3.63) is 34.9 Å². The Bertz CT molecular complexity index is 571. The third-order valence-corrected chi connectivity index (χ3v) is 4.45. The van der Waals surface area contributed by atoms with Crippen molar-refractivity contribution in [1.82, 2.24) is 10.2 Å². The van der Waals surface area contributed by atoms with Gasteiger partial charge in [-0.15, -0.1) is 0 Å². The quantitative estimate of drug-likeness (QED) is 0.810. The molecular weight excluding hydrogens is 292 g/mol. The number of hydrogen-bond donors (Lipinski definition) is 2. The molecule has 1 aliphatic carbocycles. The lowest BCUT2D eigenvalue weighted by Gasteiger charge is -2.22. The van der Waals surface area contributed by atoms with Crippen LogP contribution in [-0.4, -0.2) is 41.5 Å². The van der Waals surface area contributed by atoms with E-state index in [4.69, 9.17) is 5.11 Å². The number of aliphatic hydroxyl groups is 1. The second kappa shape index (κ2) is 8.11. The lowest BCUT2D eigenvalue weighted by molar-refractivity contribution is -0.146. The van der Waals surface area contributed by atoms with Crippen LogP contribution in [0.3, 0.4) is 0 Å². The van der Waals surface area contributed by atoms with Gasteiger partial charge in [-0.05, 0) is 56.2 Å². The molecule has 2 N–H and O–H groups in total. The van der Waals surface area contributed by atoms with Gasteiger partial charge in [0.2, 0.25) is 0 Å². The van der Waals surface area contributed by atoms with Gasteiger partial charge in [0.05, 0.1) is 12.6 Å². The molecule has 0 heterocycles. The Morgan fingerprint density at radius 2 is 1.96 bits per heavy atom. The molecule has 1 unspecified atom stereocenters. The number of likely N-dealkylation sites (N-methyl/N-ethyl adjacent to an activating group) is 1. The fraction of sp³-hybridized carbons (Fsp3) is 0.556. The average molecular weight is 318 g/mol. The zero-order valence-corrected chi connectivity index (χ0v) is 14.0. The lowest BCUT2D eigenvalue weighted by atomic mass is 9.89. The van der Waals surface area contributed by atoms with Gasteiger partial charge >= 0.3 is 11.8 Å². The summed E-state index contributed by atoms with van der Waals surface area (Å²) < 4.78 is 0. The smallest absolute Gasteiger partial charge is 0.311 e. The van der Waals surface area contributed by atoms with E-state index in [1.165, 1.54) is 28.9 Å². The third kappa shape index (κ3) is 4.32. The first-order chi connectivity index (χ1) is 11.1. The molecule has 0 aliphatic heterocycles. The Kier molecular flexibility index (Phi) is 6.16. The van der Waals surface area contributed by atoms with Gasteiger partial charge in [0.25, 0.3) is 0 Å². The molecule has 1 aliphatic rings. The maximum atomic E-state index is 12.1. The number of nitrogens with zero attached hydrogens (tertiary/aromatic N) is 1. The number of carbonyl (C=O) groups excluding carboxylic acids is 2. The molecule has 2 rings (SSSR count). The van der Waals surface area contributed by atoms with Gasteiger partial charge in [-0.3, -0.25) is 9.59 Å². The van der Waals surface area contributed by atoms with E-state index in [1.807, 2.05) is 13.0 Å². The summed E-state index contributed by atoms with van der Waals surface area (Å²) >= 11 is 0. The molecule has 23 heavy (non-hydrogen) atoms. The van der Waals surface area contributed by atoms with Crippen molar-refractivity contribution in [2.75, 3.05) is 19.7 Å². The highest BCUT2D eigenvalue weighted by Gasteiger charge is 2.22. The summed E-state index contributed by atoms with van der Waals surface area (Å²) in [5, 5.41) is 11.7. The lowest BCUT2D eigenvalue weighted by Crippen LogP contribution is -2.44. The molecule has 0 saturated heterocycles. The Morgan fingerprint density at radius 3 is 2.61 bits per heavy atom. The second-order valence-corrected chi connectivity index (χ2v) is 6.04. The predicted octanol–water partition coefficient (Wildman–Crippen LogP) is 1.58. The molecule has 5 nitrogen and oxygen atoms in total. The highest BCUT2D eigenvalue weighted by atomic mass is 16.3. The van der Waals surface area contributed by atoms with E-state index < -0.39 is 11.8 Å². The van der Waals surface area contributed by atoms with Crippen molar-refractivity contribution in [3.63, 3.8) is 0 Å². The van der Waals surface area contributed by atoms with Crippen LogP contribution in [0.25, 0.3) is 0 Å². The molecule has 0 aromatic heterocycles. The molecule has 0 spiro atoms. The minimum absolute atomic E-state index is 0.146. The number of rotatable bonds is 5. The summed E-state index contributed by atoms with van der Waals surface area (Å²) in [6, 6.07) is 6.10. The number of hydrogen-bond acceptors (Lipinski definition) is 3. The van der Waals surface area contributed by atoms with E-state index in [0.717, 1.165) is 18.4 Å². The van der Waals surface area contributed by atoms with Gasteiger partial charge in [-0.1, -0.05) is 18.2 Å². The molecule has 0 saturated carbocycles. The van der Waals surface area contributed by atoms with Gasteiger partial charge in [0, 0.05) is 13.1 Å². The van der Waals surface area contributed by atoms with E-state index >= 15 is 0 Å². The van der Waals surface area contributed by atoms with Crippen LogP contribution in [0.1, 0.15) is 49.4 Å². The minimum atomic E-state index is -0.620. The molecule has 126 valence electrons. The van der Waals surface area contributed by atoms with Gasteiger partial charge in [-0.2, -0.15) is 0 Å². The van der Waals surface area contributed by atoms with Crippen LogP contribution >= 0.6 is 0 Å². The van der Waals surface area contributed by atoms with E-state index in [9.17, 15) is 9.59 Å². The van der Waals surface area contributed by atoms with E-state index in [0.29, 0.717) is 6.54 Å². The summed E-state index contributed by atoms with van der Waals surface area (Å²) in [6.07, 6.45) is 4.66. The molecule has 1 atom stereocenters. The third-order valence-electron chi connectivity index (χ3n) is 4.45. The number of aliphatic hydroxyl groups excluding tert-OH is 1. The van der Waals surface area contributed by atoms with E-state index in [-0.39, 0.29) is 19.2 Å². The first-order valence-corrected chi connectivity index (χ1v) is 8.39. The molecule has 5 heteroatoms. The molecule has 2 amide bonds. The number of aryl methyl sites for hydroxylation is 2. The van der Waals surface area contributed by atoms with Crippen LogP contribution in [0.5, 0.6) is 0 Å². The molecule has 1 aromatic carbocycles. The summed E-state index contributed by atoms with van der Waals surface area (Å²) in [6.45, 7) is 4.11. The van der Waals surface area contributed by atoms with Crippen LogP contribution in [0.4, 0.5) is 0 Å². The largest absolute Gasteiger partial charge is 0.395 e. The molecular formula is C18H26N2O3. The zero-order chi connectivity index (χ0) is 16.8. The van der Waals surface area contributed by atoms with E-state index in [2.05, 4.69) is 17.4 Å². The molecule has 1 aromatic rings. The molecule has 0 bridgehead atoms. The molecule has 0 fully saturated rings. The standard InChI is InChI=1S/C18H26N2O3/c1-3-20(10-11-21)18(23)17(22)19-13(2)15-9-8-14-6-4-5-7-16(14)12-15/h8-9,12-13,21H,3-7,10-11H2,1-2H3,(H,19,22). The fourth-order valence-corrected chi connectivity index (χ4v) is 3.03. The Balaban J connectivity index is 2.02.